The summed E-state index contributed by atoms with van der Waals surface area (Å²) in [6.07, 6.45) is 8.18. The predicted octanol–water partition coefficient (Wildman–Crippen LogP) is 1.39. The molecule has 3 rings (SSSR count). The topological polar surface area (TPSA) is 80.2 Å². The third kappa shape index (κ3) is 4.05. The van der Waals surface area contributed by atoms with Crippen LogP contribution in [0.1, 0.15) is 22.5 Å². The first-order chi connectivity index (χ1) is 11.8. The molecule has 0 aliphatic carbocycles. The van der Waals surface area contributed by atoms with Gasteiger partial charge in [-0.3, -0.25) is 9.78 Å². The number of pyridine rings is 1. The maximum absolute atomic E-state index is 12.5. The minimum atomic E-state index is -0.0854. The zero-order chi connectivity index (χ0) is 16.8. The van der Waals surface area contributed by atoms with E-state index in [0.717, 1.165) is 18.7 Å². The van der Waals surface area contributed by atoms with E-state index >= 15 is 0 Å². The van der Waals surface area contributed by atoms with E-state index in [0.29, 0.717) is 25.4 Å². The van der Waals surface area contributed by atoms with Gasteiger partial charge in [0.1, 0.15) is 11.5 Å². The summed E-state index contributed by atoms with van der Waals surface area (Å²) in [6.45, 7) is 1.72. The van der Waals surface area contributed by atoms with Gasteiger partial charge < -0.3 is 15.0 Å². The van der Waals surface area contributed by atoms with Crippen LogP contribution >= 0.6 is 0 Å². The molecule has 0 spiro atoms. The SMILES string of the molecule is CNc1cc(CCC2CN(C(=O)c3cnccn3)CCO2)ccn1. The molecule has 0 aromatic carbocycles. The van der Waals surface area contributed by atoms with Crippen LogP contribution in [0.3, 0.4) is 0 Å². The van der Waals surface area contributed by atoms with Crippen molar-refractivity contribution in [3.05, 3.63) is 48.2 Å². The van der Waals surface area contributed by atoms with Crippen molar-refractivity contribution in [3.63, 3.8) is 0 Å². The third-order valence-electron chi connectivity index (χ3n) is 4.04. The van der Waals surface area contributed by atoms with Gasteiger partial charge in [-0.1, -0.05) is 0 Å². The molecular formula is C17H21N5O2. The first-order valence-electron chi connectivity index (χ1n) is 8.06. The van der Waals surface area contributed by atoms with Gasteiger partial charge in [0.15, 0.2) is 0 Å². The van der Waals surface area contributed by atoms with E-state index in [9.17, 15) is 4.79 Å². The maximum Gasteiger partial charge on any atom is 0.274 e. The van der Waals surface area contributed by atoms with Crippen LogP contribution in [0, 0.1) is 0 Å². The minimum Gasteiger partial charge on any atom is -0.375 e. The summed E-state index contributed by atoms with van der Waals surface area (Å²) in [6, 6.07) is 4.04. The van der Waals surface area contributed by atoms with Crippen molar-refractivity contribution in [2.24, 2.45) is 0 Å². The standard InChI is InChI=1S/C17H21N5O2/c1-18-16-10-13(4-5-21-16)2-3-14-12-22(8-9-24-14)17(23)15-11-19-6-7-20-15/h4-7,10-11,14H,2-3,8-9,12H2,1H3,(H,18,21). The molecule has 2 aromatic heterocycles. The van der Waals surface area contributed by atoms with E-state index < -0.39 is 0 Å². The van der Waals surface area contributed by atoms with Crippen molar-refractivity contribution in [2.75, 3.05) is 32.1 Å². The Balaban J connectivity index is 1.56. The summed E-state index contributed by atoms with van der Waals surface area (Å²) >= 11 is 0. The number of aromatic nitrogens is 3. The van der Waals surface area contributed by atoms with Crippen molar-refractivity contribution < 1.29 is 9.53 Å². The lowest BCUT2D eigenvalue weighted by Crippen LogP contribution is -2.46. The van der Waals surface area contributed by atoms with Crippen LogP contribution in [0.2, 0.25) is 0 Å². The van der Waals surface area contributed by atoms with Gasteiger partial charge in [-0.2, -0.15) is 0 Å². The summed E-state index contributed by atoms with van der Waals surface area (Å²) in [5.74, 6) is 0.772. The fraction of sp³-hybridized carbons (Fsp3) is 0.412. The highest BCUT2D eigenvalue weighted by molar-refractivity contribution is 5.92. The third-order valence-corrected chi connectivity index (χ3v) is 4.04. The van der Waals surface area contributed by atoms with Crippen LogP contribution in [-0.2, 0) is 11.2 Å². The van der Waals surface area contributed by atoms with Crippen LogP contribution in [-0.4, -0.2) is 58.6 Å². The minimum absolute atomic E-state index is 0.0329. The number of hydrogen-bond donors (Lipinski definition) is 1. The van der Waals surface area contributed by atoms with Crippen LogP contribution in [0.5, 0.6) is 0 Å². The van der Waals surface area contributed by atoms with Gasteiger partial charge in [-0.15, -0.1) is 0 Å². The predicted molar refractivity (Wildman–Crippen MR) is 89.8 cm³/mol. The Morgan fingerprint density at radius 1 is 1.38 bits per heavy atom. The van der Waals surface area contributed by atoms with Crippen molar-refractivity contribution in [1.29, 1.82) is 0 Å². The number of ether oxygens (including phenoxy) is 1. The zero-order valence-corrected chi connectivity index (χ0v) is 13.7. The van der Waals surface area contributed by atoms with Crippen molar-refractivity contribution in [2.45, 2.75) is 18.9 Å². The fourth-order valence-corrected chi connectivity index (χ4v) is 2.74. The number of carbonyl (C=O) groups excluding carboxylic acids is 1. The molecule has 1 aliphatic heterocycles. The summed E-state index contributed by atoms with van der Waals surface area (Å²) in [4.78, 5) is 26.5. The van der Waals surface area contributed by atoms with Crippen LogP contribution in [0.15, 0.2) is 36.9 Å². The monoisotopic (exact) mass is 327 g/mol. The van der Waals surface area contributed by atoms with E-state index in [4.69, 9.17) is 4.74 Å². The molecule has 1 amide bonds. The van der Waals surface area contributed by atoms with Gasteiger partial charge in [0.2, 0.25) is 0 Å². The number of carbonyl (C=O) groups is 1. The van der Waals surface area contributed by atoms with Gasteiger partial charge in [0, 0.05) is 38.7 Å². The number of morpholine rings is 1. The van der Waals surface area contributed by atoms with E-state index in [2.05, 4.69) is 20.3 Å². The molecule has 1 fully saturated rings. The van der Waals surface area contributed by atoms with Crippen molar-refractivity contribution in [1.82, 2.24) is 19.9 Å². The maximum atomic E-state index is 12.5. The highest BCUT2D eigenvalue weighted by Crippen LogP contribution is 2.15. The molecule has 0 radical (unpaired) electrons. The van der Waals surface area contributed by atoms with E-state index in [1.54, 1.807) is 17.3 Å². The molecule has 3 heterocycles. The molecule has 126 valence electrons. The number of rotatable bonds is 5. The Morgan fingerprint density at radius 2 is 2.29 bits per heavy atom. The molecule has 0 saturated carbocycles. The second kappa shape index (κ2) is 7.83. The Kier molecular flexibility index (Phi) is 5.32. The van der Waals surface area contributed by atoms with Crippen LogP contribution in [0.25, 0.3) is 0 Å². The van der Waals surface area contributed by atoms with Crippen molar-refractivity contribution in [3.8, 4) is 0 Å². The number of nitrogens with one attached hydrogen (secondary N) is 1. The summed E-state index contributed by atoms with van der Waals surface area (Å²) < 4.78 is 5.81. The number of hydrogen-bond acceptors (Lipinski definition) is 6. The smallest absolute Gasteiger partial charge is 0.274 e. The second-order valence-corrected chi connectivity index (χ2v) is 5.67. The lowest BCUT2D eigenvalue weighted by atomic mass is 10.1. The molecule has 1 N–H and O–H groups in total. The molecule has 24 heavy (non-hydrogen) atoms. The molecular weight excluding hydrogens is 306 g/mol. The van der Waals surface area contributed by atoms with Gasteiger partial charge >= 0.3 is 0 Å². The quantitative estimate of drug-likeness (QED) is 0.894. The Morgan fingerprint density at radius 3 is 3.08 bits per heavy atom. The van der Waals surface area contributed by atoms with Crippen LogP contribution in [0.4, 0.5) is 5.82 Å². The Hall–Kier alpha value is -2.54. The molecule has 7 nitrogen and oxygen atoms in total. The van der Waals surface area contributed by atoms with E-state index in [-0.39, 0.29) is 12.0 Å². The highest BCUT2D eigenvalue weighted by atomic mass is 16.5. The molecule has 2 aromatic rings. The van der Waals surface area contributed by atoms with Crippen molar-refractivity contribution >= 4 is 11.7 Å². The highest BCUT2D eigenvalue weighted by Gasteiger charge is 2.25. The fourth-order valence-electron chi connectivity index (χ4n) is 2.74. The van der Waals surface area contributed by atoms with Gasteiger partial charge in [-0.05, 0) is 30.5 Å². The Labute approximate surface area is 141 Å². The van der Waals surface area contributed by atoms with Gasteiger partial charge in [0.25, 0.3) is 5.91 Å². The number of nitrogens with zero attached hydrogens (tertiary/aromatic N) is 4. The largest absolute Gasteiger partial charge is 0.375 e. The first kappa shape index (κ1) is 16.3. The number of anilines is 1. The van der Waals surface area contributed by atoms with Gasteiger partial charge in [-0.25, -0.2) is 9.97 Å². The average Bonchev–Trinajstić information content (AvgIpc) is 2.67. The molecule has 1 saturated heterocycles. The molecule has 7 heteroatoms. The molecule has 1 unspecified atom stereocenters. The Bertz CT molecular complexity index is 680. The molecule has 1 aliphatic rings. The lowest BCUT2D eigenvalue weighted by molar-refractivity contribution is -0.0248. The normalized spacial score (nSPS) is 17.5. The average molecular weight is 327 g/mol. The second-order valence-electron chi connectivity index (χ2n) is 5.67. The summed E-state index contributed by atoms with van der Waals surface area (Å²) in [5.41, 5.74) is 1.58. The molecule has 1 atom stereocenters. The number of amides is 1. The number of aryl methyl sites for hydroxylation is 1. The summed E-state index contributed by atoms with van der Waals surface area (Å²) in [7, 11) is 1.85. The summed E-state index contributed by atoms with van der Waals surface area (Å²) in [5, 5.41) is 3.04. The van der Waals surface area contributed by atoms with E-state index in [1.165, 1.54) is 18.0 Å². The molecule has 0 bridgehead atoms. The van der Waals surface area contributed by atoms with E-state index in [1.807, 2.05) is 19.2 Å². The van der Waals surface area contributed by atoms with Crippen LogP contribution < -0.4 is 5.32 Å². The zero-order valence-electron chi connectivity index (χ0n) is 13.7. The van der Waals surface area contributed by atoms with Gasteiger partial charge in [0.05, 0.1) is 18.9 Å². The lowest BCUT2D eigenvalue weighted by Gasteiger charge is -2.32. The first-order valence-corrected chi connectivity index (χ1v) is 8.06.